The zero-order chi connectivity index (χ0) is 11.0. The molecular formula is C12H22OSi. The molecule has 80 valence electrons. The monoisotopic (exact) mass is 210 g/mol. The first-order chi connectivity index (χ1) is 6.27. The lowest BCUT2D eigenvalue weighted by Gasteiger charge is -2.40. The molecule has 1 aliphatic rings. The summed E-state index contributed by atoms with van der Waals surface area (Å²) in [6.45, 7) is 13.1. The topological polar surface area (TPSA) is 17.1 Å². The number of Topliss-reactive ketones (excluding diaryl/α,β-unsaturated/α-hetero) is 1. The Bertz CT molecular complexity index is 252. The van der Waals surface area contributed by atoms with Crippen LogP contribution in [0.3, 0.4) is 0 Å². The second kappa shape index (κ2) is 3.65. The highest BCUT2D eigenvalue weighted by atomic mass is 28.3. The van der Waals surface area contributed by atoms with E-state index in [-0.39, 0.29) is 5.41 Å². The number of hydrogen-bond acceptors (Lipinski definition) is 1. The first-order valence-corrected chi connectivity index (χ1v) is 9.00. The Morgan fingerprint density at radius 1 is 1.50 bits per heavy atom. The third-order valence-electron chi connectivity index (χ3n) is 3.51. The van der Waals surface area contributed by atoms with E-state index in [0.717, 1.165) is 12.8 Å². The molecule has 2 heteroatoms. The lowest BCUT2D eigenvalue weighted by molar-refractivity contribution is -0.122. The van der Waals surface area contributed by atoms with E-state index < -0.39 is 8.07 Å². The Morgan fingerprint density at radius 3 is 2.50 bits per heavy atom. The fourth-order valence-electron chi connectivity index (χ4n) is 2.27. The first-order valence-electron chi connectivity index (χ1n) is 5.42. The Labute approximate surface area is 88.6 Å². The number of hydrogen-bond donors (Lipinski definition) is 0. The van der Waals surface area contributed by atoms with Crippen molar-refractivity contribution in [2.75, 3.05) is 0 Å². The Hall–Kier alpha value is -0.373. The van der Waals surface area contributed by atoms with Crippen LogP contribution in [0.25, 0.3) is 0 Å². The van der Waals surface area contributed by atoms with Gasteiger partial charge in [-0.2, -0.15) is 0 Å². The quantitative estimate of drug-likeness (QED) is 0.502. The number of rotatable bonds is 2. The van der Waals surface area contributed by atoms with Crippen molar-refractivity contribution in [3.05, 3.63) is 12.7 Å². The maximum atomic E-state index is 11.7. The van der Waals surface area contributed by atoms with Gasteiger partial charge < -0.3 is 0 Å². The lowest BCUT2D eigenvalue weighted by atomic mass is 9.75. The van der Waals surface area contributed by atoms with E-state index in [1.54, 1.807) is 0 Å². The van der Waals surface area contributed by atoms with Crippen LogP contribution in [-0.4, -0.2) is 13.9 Å². The third kappa shape index (κ3) is 2.56. The molecule has 1 nitrogen and oxygen atoms in total. The molecule has 1 aliphatic carbocycles. The van der Waals surface area contributed by atoms with Gasteiger partial charge in [-0.1, -0.05) is 32.6 Å². The van der Waals surface area contributed by atoms with Gasteiger partial charge in [-0.3, -0.25) is 4.79 Å². The fourth-order valence-corrected chi connectivity index (χ4v) is 4.19. The van der Waals surface area contributed by atoms with Crippen molar-refractivity contribution in [2.45, 2.75) is 51.4 Å². The highest BCUT2D eigenvalue weighted by Crippen LogP contribution is 2.45. The molecule has 0 unspecified atom stereocenters. The average molecular weight is 210 g/mol. The van der Waals surface area contributed by atoms with Gasteiger partial charge in [0.05, 0.1) is 0 Å². The summed E-state index contributed by atoms with van der Waals surface area (Å²) in [5, 5.41) is 0. The van der Waals surface area contributed by atoms with Gasteiger partial charge in [0.15, 0.2) is 0 Å². The lowest BCUT2D eigenvalue weighted by Crippen LogP contribution is -2.38. The highest BCUT2D eigenvalue weighted by Gasteiger charge is 2.39. The molecule has 0 aromatic rings. The first kappa shape index (κ1) is 11.7. The molecule has 0 amide bonds. The largest absolute Gasteiger partial charge is 0.300 e. The van der Waals surface area contributed by atoms with E-state index in [0.29, 0.717) is 17.7 Å². The molecule has 0 aromatic carbocycles. The molecule has 0 spiro atoms. The summed E-state index contributed by atoms with van der Waals surface area (Å²) in [7, 11) is -1.17. The number of ketones is 1. The van der Waals surface area contributed by atoms with E-state index >= 15 is 0 Å². The van der Waals surface area contributed by atoms with E-state index in [9.17, 15) is 4.79 Å². The van der Waals surface area contributed by atoms with Crippen LogP contribution < -0.4 is 0 Å². The van der Waals surface area contributed by atoms with Gasteiger partial charge in [0.25, 0.3) is 0 Å². The van der Waals surface area contributed by atoms with Gasteiger partial charge in [-0.05, 0) is 17.4 Å². The summed E-state index contributed by atoms with van der Waals surface area (Å²) >= 11 is 0. The highest BCUT2D eigenvalue weighted by molar-refractivity contribution is 6.77. The minimum atomic E-state index is -1.17. The molecule has 14 heavy (non-hydrogen) atoms. The summed E-state index contributed by atoms with van der Waals surface area (Å²) < 4.78 is 0. The zero-order valence-corrected chi connectivity index (χ0v) is 10.9. The molecule has 0 N–H and O–H groups in total. The number of carbonyl (C=O) groups excluding carboxylic acids is 1. The van der Waals surface area contributed by atoms with Gasteiger partial charge in [0.2, 0.25) is 0 Å². The van der Waals surface area contributed by atoms with Crippen LogP contribution in [0.1, 0.15) is 26.2 Å². The second-order valence-corrected chi connectivity index (χ2v) is 11.6. The van der Waals surface area contributed by atoms with Crippen molar-refractivity contribution < 1.29 is 4.79 Å². The Balaban J connectivity index is 2.83. The second-order valence-electron chi connectivity index (χ2n) is 6.04. The minimum Gasteiger partial charge on any atom is -0.300 e. The van der Waals surface area contributed by atoms with E-state index in [1.165, 1.54) is 0 Å². The number of allylic oxidation sites excluding steroid dienone is 1. The molecule has 0 aliphatic heterocycles. The van der Waals surface area contributed by atoms with Crippen LogP contribution in [0.2, 0.25) is 25.2 Å². The third-order valence-corrected chi connectivity index (χ3v) is 6.36. The SMILES string of the molecule is C=C[C@]1(C)CC(=O)C[C@@H]([Si](C)(C)C)C1. The number of carbonyl (C=O) groups is 1. The van der Waals surface area contributed by atoms with E-state index in [4.69, 9.17) is 0 Å². The predicted octanol–water partition coefficient (Wildman–Crippen LogP) is 3.64. The zero-order valence-electron chi connectivity index (χ0n) is 9.89. The summed E-state index contributed by atoms with van der Waals surface area (Å²) in [6.07, 6.45) is 4.67. The molecule has 2 atom stereocenters. The van der Waals surface area contributed by atoms with Gasteiger partial charge in [0.1, 0.15) is 5.78 Å². The Morgan fingerprint density at radius 2 is 2.07 bits per heavy atom. The van der Waals surface area contributed by atoms with Crippen LogP contribution in [0.15, 0.2) is 12.7 Å². The maximum Gasteiger partial charge on any atom is 0.133 e. The van der Waals surface area contributed by atoms with Crippen molar-refractivity contribution in [3.8, 4) is 0 Å². The average Bonchev–Trinajstić information content (AvgIpc) is 2.01. The maximum absolute atomic E-state index is 11.7. The van der Waals surface area contributed by atoms with Crippen LogP contribution in [0.4, 0.5) is 0 Å². The normalized spacial score (nSPS) is 34.3. The molecular weight excluding hydrogens is 188 g/mol. The minimum absolute atomic E-state index is 0.0697. The van der Waals surface area contributed by atoms with Crippen molar-refractivity contribution in [3.63, 3.8) is 0 Å². The molecule has 0 heterocycles. The smallest absolute Gasteiger partial charge is 0.133 e. The summed E-state index contributed by atoms with van der Waals surface area (Å²) in [4.78, 5) is 11.7. The summed E-state index contributed by atoms with van der Waals surface area (Å²) in [5.74, 6) is 0.436. The molecule has 1 saturated carbocycles. The standard InChI is InChI=1S/C12H22OSi/c1-6-12(2)8-10(13)7-11(9-12)14(3,4)5/h6,11H,1,7-9H2,2-5H3/t11-,12-/m1/s1. The van der Waals surface area contributed by atoms with Gasteiger partial charge in [-0.25, -0.2) is 0 Å². The molecule has 1 fully saturated rings. The predicted molar refractivity (Wildman–Crippen MR) is 64.3 cm³/mol. The molecule has 0 aromatic heterocycles. The van der Waals surface area contributed by atoms with Crippen molar-refractivity contribution in [2.24, 2.45) is 5.41 Å². The van der Waals surface area contributed by atoms with Crippen molar-refractivity contribution in [1.82, 2.24) is 0 Å². The van der Waals surface area contributed by atoms with Crippen molar-refractivity contribution >= 4 is 13.9 Å². The Kier molecular flexibility index (Phi) is 3.05. The molecule has 0 bridgehead atoms. The van der Waals surface area contributed by atoms with Gasteiger partial charge >= 0.3 is 0 Å². The van der Waals surface area contributed by atoms with Crippen LogP contribution in [-0.2, 0) is 4.79 Å². The molecule has 0 saturated heterocycles. The fraction of sp³-hybridized carbons (Fsp3) is 0.750. The van der Waals surface area contributed by atoms with Crippen LogP contribution >= 0.6 is 0 Å². The molecule has 0 radical (unpaired) electrons. The van der Waals surface area contributed by atoms with E-state index in [1.807, 2.05) is 6.08 Å². The van der Waals surface area contributed by atoms with E-state index in [2.05, 4.69) is 33.1 Å². The summed E-state index contributed by atoms with van der Waals surface area (Å²) in [5.41, 5.74) is 0.715. The van der Waals surface area contributed by atoms with Gasteiger partial charge in [0, 0.05) is 20.9 Å². The van der Waals surface area contributed by atoms with Crippen LogP contribution in [0, 0.1) is 5.41 Å². The van der Waals surface area contributed by atoms with Gasteiger partial charge in [-0.15, -0.1) is 6.58 Å². The van der Waals surface area contributed by atoms with Crippen LogP contribution in [0.5, 0.6) is 0 Å². The summed E-state index contributed by atoms with van der Waals surface area (Å²) in [6, 6.07) is 0. The molecule has 1 rings (SSSR count). The van der Waals surface area contributed by atoms with Crippen molar-refractivity contribution in [1.29, 1.82) is 0 Å².